The van der Waals surface area contributed by atoms with Crippen molar-refractivity contribution in [2.75, 3.05) is 0 Å². The number of oxime groups is 1. The van der Waals surface area contributed by atoms with Gasteiger partial charge in [0.15, 0.2) is 0 Å². The Morgan fingerprint density at radius 1 is 1.30 bits per heavy atom. The predicted octanol–water partition coefficient (Wildman–Crippen LogP) is 3.59. The second-order valence-corrected chi connectivity index (χ2v) is 7.61. The topological polar surface area (TPSA) is 52.8 Å². The highest BCUT2D eigenvalue weighted by Gasteiger charge is 2.58. The first kappa shape index (κ1) is 14.8. The lowest BCUT2D eigenvalue weighted by Gasteiger charge is -2.47. The van der Waals surface area contributed by atoms with Crippen LogP contribution in [0.1, 0.15) is 45.4 Å². The van der Waals surface area contributed by atoms with Gasteiger partial charge in [0, 0.05) is 5.41 Å². The van der Waals surface area contributed by atoms with Crippen molar-refractivity contribution in [2.45, 2.75) is 51.0 Å². The largest absolute Gasteiger partial charge is 0.411 e. The number of fused-ring (bicyclic) bond motifs is 4. The van der Waals surface area contributed by atoms with Gasteiger partial charge in [0.05, 0.1) is 5.71 Å². The van der Waals surface area contributed by atoms with Crippen molar-refractivity contribution in [3.8, 4) is 12.3 Å². The van der Waals surface area contributed by atoms with Crippen LogP contribution in [0.3, 0.4) is 0 Å². The van der Waals surface area contributed by atoms with Crippen molar-refractivity contribution in [1.82, 2.24) is 0 Å². The molecular formula is C20H23NO2. The van der Waals surface area contributed by atoms with Gasteiger partial charge < -0.3 is 10.3 Å². The van der Waals surface area contributed by atoms with Gasteiger partial charge in [-0.3, -0.25) is 0 Å². The van der Waals surface area contributed by atoms with E-state index in [2.05, 4.69) is 36.2 Å². The van der Waals surface area contributed by atoms with Crippen molar-refractivity contribution in [3.05, 3.63) is 34.9 Å². The number of rotatable bonds is 0. The number of aliphatic hydroxyl groups is 1. The minimum Gasteiger partial charge on any atom is -0.411 e. The van der Waals surface area contributed by atoms with Crippen molar-refractivity contribution in [2.24, 2.45) is 22.4 Å². The second-order valence-electron chi connectivity index (χ2n) is 7.61. The van der Waals surface area contributed by atoms with E-state index in [-0.39, 0.29) is 5.41 Å². The molecule has 0 unspecified atom stereocenters. The van der Waals surface area contributed by atoms with Crippen LogP contribution in [0.4, 0.5) is 0 Å². The molecule has 4 aliphatic carbocycles. The Balaban J connectivity index is 1.81. The fourth-order valence-electron chi connectivity index (χ4n) is 5.35. The van der Waals surface area contributed by atoms with Crippen molar-refractivity contribution in [1.29, 1.82) is 0 Å². The Labute approximate surface area is 137 Å². The normalized spacial score (nSPS) is 43.5. The van der Waals surface area contributed by atoms with Crippen LogP contribution in [0.15, 0.2) is 40.1 Å². The van der Waals surface area contributed by atoms with E-state index in [0.717, 1.165) is 37.8 Å². The maximum Gasteiger partial charge on any atom is 0.134 e. The molecule has 0 aromatic heterocycles. The monoisotopic (exact) mass is 309 g/mol. The number of hydrogen-bond acceptors (Lipinski definition) is 3. The molecule has 0 radical (unpaired) electrons. The van der Waals surface area contributed by atoms with E-state index in [1.54, 1.807) is 0 Å². The molecule has 23 heavy (non-hydrogen) atoms. The number of nitrogens with zero attached hydrogens (tertiary/aromatic N) is 1. The standard InChI is InChI=1S/C20H23NO2/c1-3-20(22)11-9-18-17-6-4-13-12-14(21-23)5-7-15(13)16(17)8-10-19(18,20)2/h1,8,10,12,17-18,22-23H,4-7,9,11H2,2H3/b21-14-/t17-,18+,19+,20+/m1/s1. The molecule has 0 saturated heterocycles. The van der Waals surface area contributed by atoms with E-state index in [0.29, 0.717) is 18.3 Å². The van der Waals surface area contributed by atoms with Gasteiger partial charge in [-0.2, -0.15) is 0 Å². The fourth-order valence-corrected chi connectivity index (χ4v) is 5.35. The molecule has 3 nitrogen and oxygen atoms in total. The van der Waals surface area contributed by atoms with Crippen molar-refractivity contribution in [3.63, 3.8) is 0 Å². The van der Waals surface area contributed by atoms with Crippen molar-refractivity contribution < 1.29 is 10.3 Å². The van der Waals surface area contributed by atoms with Crippen LogP contribution in [0, 0.1) is 29.6 Å². The first-order valence-corrected chi connectivity index (χ1v) is 8.57. The Morgan fingerprint density at radius 3 is 2.87 bits per heavy atom. The molecule has 0 aliphatic heterocycles. The molecule has 1 saturated carbocycles. The zero-order valence-electron chi connectivity index (χ0n) is 13.5. The Hall–Kier alpha value is -1.79. The molecule has 120 valence electrons. The Bertz CT molecular complexity index is 720. The molecule has 2 N–H and O–H groups in total. The highest BCUT2D eigenvalue weighted by Crippen LogP contribution is 2.60. The molecule has 4 rings (SSSR count). The van der Waals surface area contributed by atoms with Crippen LogP contribution in [-0.4, -0.2) is 21.6 Å². The molecule has 3 heteroatoms. The van der Waals surface area contributed by atoms with Gasteiger partial charge >= 0.3 is 0 Å². The summed E-state index contributed by atoms with van der Waals surface area (Å²) in [7, 11) is 0. The third-order valence-corrected chi connectivity index (χ3v) is 6.77. The van der Waals surface area contributed by atoms with E-state index in [9.17, 15) is 5.11 Å². The molecule has 0 aromatic carbocycles. The van der Waals surface area contributed by atoms with Crippen LogP contribution in [-0.2, 0) is 0 Å². The summed E-state index contributed by atoms with van der Waals surface area (Å²) in [5.41, 5.74) is 3.66. The minimum atomic E-state index is -1.01. The van der Waals surface area contributed by atoms with Gasteiger partial charge in [-0.05, 0) is 73.2 Å². The lowest BCUT2D eigenvalue weighted by atomic mass is 9.58. The average Bonchev–Trinajstić information content (AvgIpc) is 2.86. The summed E-state index contributed by atoms with van der Waals surface area (Å²) in [4.78, 5) is 0. The maximum absolute atomic E-state index is 10.9. The highest BCUT2D eigenvalue weighted by molar-refractivity contribution is 5.97. The average molecular weight is 309 g/mol. The van der Waals surface area contributed by atoms with Gasteiger partial charge in [-0.1, -0.05) is 30.2 Å². The lowest BCUT2D eigenvalue weighted by Crippen LogP contribution is -2.46. The van der Waals surface area contributed by atoms with Crippen LogP contribution < -0.4 is 0 Å². The molecular weight excluding hydrogens is 286 g/mol. The summed E-state index contributed by atoms with van der Waals surface area (Å²) in [5.74, 6) is 3.59. The zero-order valence-corrected chi connectivity index (χ0v) is 13.5. The molecule has 0 bridgehead atoms. The summed E-state index contributed by atoms with van der Waals surface area (Å²) in [6.07, 6.45) is 17.7. The molecule has 0 amide bonds. The van der Waals surface area contributed by atoms with Gasteiger partial charge in [-0.15, -0.1) is 6.42 Å². The summed E-state index contributed by atoms with van der Waals surface area (Å²) in [5, 5.41) is 23.3. The van der Waals surface area contributed by atoms with E-state index in [1.807, 2.05) is 0 Å². The minimum absolute atomic E-state index is 0.315. The maximum atomic E-state index is 10.9. The SMILES string of the molecule is C#C[C@]1(O)CC[C@H]2[C@@H]3CCC4=C/C(=N\O)CCC4=C3C=C[C@@]21C. The molecule has 0 aromatic rings. The summed E-state index contributed by atoms with van der Waals surface area (Å²) < 4.78 is 0. The first-order chi connectivity index (χ1) is 11.0. The predicted molar refractivity (Wildman–Crippen MR) is 90.0 cm³/mol. The van der Waals surface area contributed by atoms with Crippen molar-refractivity contribution >= 4 is 5.71 Å². The number of allylic oxidation sites excluding steroid dienone is 5. The quantitative estimate of drug-likeness (QED) is 0.408. The number of terminal acetylenes is 1. The molecule has 1 fully saturated rings. The zero-order chi connectivity index (χ0) is 16.2. The van der Waals surface area contributed by atoms with Crippen LogP contribution in [0.25, 0.3) is 0 Å². The molecule has 4 aliphatic rings. The summed E-state index contributed by atoms with van der Waals surface area (Å²) >= 11 is 0. The van der Waals surface area contributed by atoms with Gasteiger partial charge in [-0.25, -0.2) is 0 Å². The third kappa shape index (κ3) is 1.85. The van der Waals surface area contributed by atoms with Crippen LogP contribution in [0.2, 0.25) is 0 Å². The first-order valence-electron chi connectivity index (χ1n) is 8.57. The van der Waals surface area contributed by atoms with Gasteiger partial charge in [0.25, 0.3) is 0 Å². The fraction of sp³-hybridized carbons (Fsp3) is 0.550. The molecule has 0 spiro atoms. The summed E-state index contributed by atoms with van der Waals surface area (Å²) in [6, 6.07) is 0. The van der Waals surface area contributed by atoms with E-state index in [1.165, 1.54) is 16.7 Å². The van der Waals surface area contributed by atoms with Gasteiger partial charge in [0.1, 0.15) is 5.60 Å². The third-order valence-electron chi connectivity index (χ3n) is 6.77. The Morgan fingerprint density at radius 2 is 2.13 bits per heavy atom. The highest BCUT2D eigenvalue weighted by atomic mass is 16.4. The number of hydrogen-bond donors (Lipinski definition) is 2. The van der Waals surface area contributed by atoms with Gasteiger partial charge in [0.2, 0.25) is 0 Å². The lowest BCUT2D eigenvalue weighted by molar-refractivity contribution is -0.000325. The van der Waals surface area contributed by atoms with Crippen LogP contribution >= 0.6 is 0 Å². The summed E-state index contributed by atoms with van der Waals surface area (Å²) in [6.45, 7) is 2.13. The molecule has 0 heterocycles. The molecule has 4 atom stereocenters. The smallest absolute Gasteiger partial charge is 0.134 e. The second kappa shape index (κ2) is 4.85. The van der Waals surface area contributed by atoms with E-state index >= 15 is 0 Å². The van der Waals surface area contributed by atoms with E-state index < -0.39 is 5.60 Å². The Kier molecular flexibility index (Phi) is 3.12. The van der Waals surface area contributed by atoms with Crippen LogP contribution in [0.5, 0.6) is 0 Å². The van der Waals surface area contributed by atoms with E-state index in [4.69, 9.17) is 11.6 Å².